The van der Waals surface area contributed by atoms with Crippen LogP contribution in [0, 0.1) is 11.3 Å². The molecule has 0 atom stereocenters. The Hall–Kier alpha value is -3.20. The minimum absolute atomic E-state index is 0.103. The van der Waals surface area contributed by atoms with Gasteiger partial charge in [-0.25, -0.2) is 0 Å². The van der Waals surface area contributed by atoms with Crippen LogP contribution in [-0.4, -0.2) is 24.7 Å². The van der Waals surface area contributed by atoms with E-state index in [1.54, 1.807) is 19.1 Å². The van der Waals surface area contributed by atoms with E-state index in [0.717, 1.165) is 0 Å². The highest BCUT2D eigenvalue weighted by molar-refractivity contribution is 6.07. The molecule has 2 N–H and O–H groups in total. The molecule has 0 aliphatic rings. The van der Waals surface area contributed by atoms with Crippen LogP contribution in [0.25, 0.3) is 0 Å². The third-order valence-corrected chi connectivity index (χ3v) is 3.06. The van der Waals surface area contributed by atoms with Gasteiger partial charge in [0.25, 0.3) is 5.91 Å². The van der Waals surface area contributed by atoms with Crippen molar-refractivity contribution < 1.29 is 19.4 Å². The average Bonchev–Trinajstić information content (AvgIpc) is 2.57. The quantitative estimate of drug-likeness (QED) is 0.828. The Bertz CT molecular complexity index is 748. The smallest absolute Gasteiger partial charge is 0.259 e. The Labute approximate surface area is 133 Å². The number of hydrogen-bond donors (Lipinski definition) is 2. The standard InChI is InChI=1S/C17H16N2O4/c1-3-23-16-14(8-11(10-18)9-15(16)22-2)17(21)19-12-4-6-13(20)7-5-12/h4-9,20H,3H2,1-2H3,(H,19,21). The van der Waals surface area contributed by atoms with E-state index in [1.165, 1.54) is 31.4 Å². The van der Waals surface area contributed by atoms with E-state index in [2.05, 4.69) is 5.32 Å². The molecule has 1 amide bonds. The van der Waals surface area contributed by atoms with E-state index in [0.29, 0.717) is 23.6 Å². The van der Waals surface area contributed by atoms with Gasteiger partial charge < -0.3 is 19.9 Å². The van der Waals surface area contributed by atoms with E-state index in [4.69, 9.17) is 14.7 Å². The van der Waals surface area contributed by atoms with Crippen LogP contribution in [-0.2, 0) is 0 Å². The van der Waals surface area contributed by atoms with Gasteiger partial charge in [0.1, 0.15) is 5.75 Å². The largest absolute Gasteiger partial charge is 0.508 e. The van der Waals surface area contributed by atoms with E-state index in [1.807, 2.05) is 6.07 Å². The third kappa shape index (κ3) is 3.71. The third-order valence-electron chi connectivity index (χ3n) is 3.06. The SMILES string of the molecule is CCOc1c(OC)cc(C#N)cc1C(=O)Nc1ccc(O)cc1. The van der Waals surface area contributed by atoms with Crippen molar-refractivity contribution in [3.8, 4) is 23.3 Å². The van der Waals surface area contributed by atoms with Crippen LogP contribution in [0.2, 0.25) is 0 Å². The van der Waals surface area contributed by atoms with Crippen LogP contribution in [0.5, 0.6) is 17.2 Å². The summed E-state index contributed by atoms with van der Waals surface area (Å²) in [5.41, 5.74) is 1.01. The number of hydrogen-bond acceptors (Lipinski definition) is 5. The number of amides is 1. The summed E-state index contributed by atoms with van der Waals surface area (Å²) in [7, 11) is 1.45. The van der Waals surface area contributed by atoms with Gasteiger partial charge in [0, 0.05) is 11.8 Å². The molecule has 0 bridgehead atoms. The second kappa shape index (κ2) is 7.18. The molecule has 0 heterocycles. The molecule has 6 heteroatoms. The maximum Gasteiger partial charge on any atom is 0.259 e. The molecule has 118 valence electrons. The first kappa shape index (κ1) is 16.2. The fraction of sp³-hybridized carbons (Fsp3) is 0.176. The molecule has 2 rings (SSSR count). The first-order valence-corrected chi connectivity index (χ1v) is 6.94. The highest BCUT2D eigenvalue weighted by Gasteiger charge is 2.19. The lowest BCUT2D eigenvalue weighted by molar-refractivity contribution is 0.102. The van der Waals surface area contributed by atoms with E-state index >= 15 is 0 Å². The Kier molecular flexibility index (Phi) is 5.05. The summed E-state index contributed by atoms with van der Waals surface area (Å²) in [5.74, 6) is 0.271. The molecule has 0 saturated carbocycles. The second-order valence-corrected chi connectivity index (χ2v) is 4.60. The Morgan fingerprint density at radius 1 is 1.30 bits per heavy atom. The first-order valence-electron chi connectivity index (χ1n) is 6.94. The molecule has 6 nitrogen and oxygen atoms in total. The van der Waals surface area contributed by atoms with Crippen molar-refractivity contribution in [2.75, 3.05) is 19.0 Å². The molecule has 0 aromatic heterocycles. The summed E-state index contributed by atoms with van der Waals surface area (Å²) in [6.07, 6.45) is 0. The van der Waals surface area contributed by atoms with Crippen LogP contribution in [0.15, 0.2) is 36.4 Å². The summed E-state index contributed by atoms with van der Waals surface area (Å²) < 4.78 is 10.7. The predicted molar refractivity (Wildman–Crippen MR) is 84.9 cm³/mol. The van der Waals surface area contributed by atoms with Gasteiger partial charge in [-0.3, -0.25) is 4.79 Å². The minimum Gasteiger partial charge on any atom is -0.508 e. The van der Waals surface area contributed by atoms with Crippen LogP contribution in [0.3, 0.4) is 0 Å². The number of aromatic hydroxyl groups is 1. The van der Waals surface area contributed by atoms with Gasteiger partial charge in [0.2, 0.25) is 0 Å². The number of benzene rings is 2. The number of anilines is 1. The summed E-state index contributed by atoms with van der Waals surface area (Å²) in [5, 5.41) is 21.1. The molecule has 2 aromatic carbocycles. The molecular formula is C17H16N2O4. The number of nitriles is 1. The molecular weight excluding hydrogens is 296 g/mol. The minimum atomic E-state index is -0.436. The molecule has 0 unspecified atom stereocenters. The lowest BCUT2D eigenvalue weighted by Crippen LogP contribution is -2.14. The highest BCUT2D eigenvalue weighted by atomic mass is 16.5. The fourth-order valence-corrected chi connectivity index (χ4v) is 2.02. The van der Waals surface area contributed by atoms with Crippen molar-refractivity contribution in [1.29, 1.82) is 5.26 Å². The molecule has 0 spiro atoms. The summed E-state index contributed by atoms with van der Waals surface area (Å²) in [4.78, 5) is 12.5. The second-order valence-electron chi connectivity index (χ2n) is 4.60. The number of methoxy groups -OCH3 is 1. The van der Waals surface area contributed by atoms with Crippen molar-refractivity contribution >= 4 is 11.6 Å². The zero-order valence-electron chi connectivity index (χ0n) is 12.8. The number of nitrogens with zero attached hydrogens (tertiary/aromatic N) is 1. The van der Waals surface area contributed by atoms with Crippen molar-refractivity contribution in [3.05, 3.63) is 47.5 Å². The average molecular weight is 312 g/mol. The Morgan fingerprint density at radius 2 is 2.00 bits per heavy atom. The molecule has 0 saturated heterocycles. The number of phenolic OH excluding ortho intramolecular Hbond substituents is 1. The van der Waals surface area contributed by atoms with E-state index in [9.17, 15) is 9.90 Å². The number of carbonyl (C=O) groups is 1. The lowest BCUT2D eigenvalue weighted by atomic mass is 10.1. The Morgan fingerprint density at radius 3 is 2.57 bits per heavy atom. The number of nitrogens with one attached hydrogen (secondary N) is 1. The molecule has 0 fully saturated rings. The summed E-state index contributed by atoms with van der Waals surface area (Å²) in [6, 6.07) is 11.0. The number of phenols is 1. The van der Waals surface area contributed by atoms with Gasteiger partial charge in [0.05, 0.1) is 30.9 Å². The zero-order valence-corrected chi connectivity index (χ0v) is 12.8. The fourth-order valence-electron chi connectivity index (χ4n) is 2.02. The summed E-state index contributed by atoms with van der Waals surface area (Å²) in [6.45, 7) is 2.14. The van der Waals surface area contributed by atoms with Crippen molar-refractivity contribution in [2.24, 2.45) is 0 Å². The normalized spacial score (nSPS) is 9.78. The summed E-state index contributed by atoms with van der Waals surface area (Å²) >= 11 is 0. The molecule has 23 heavy (non-hydrogen) atoms. The van der Waals surface area contributed by atoms with Crippen LogP contribution in [0.4, 0.5) is 5.69 Å². The van der Waals surface area contributed by atoms with E-state index in [-0.39, 0.29) is 17.1 Å². The van der Waals surface area contributed by atoms with Crippen LogP contribution >= 0.6 is 0 Å². The highest BCUT2D eigenvalue weighted by Crippen LogP contribution is 2.33. The molecule has 2 aromatic rings. The zero-order chi connectivity index (χ0) is 16.8. The van der Waals surface area contributed by atoms with E-state index < -0.39 is 5.91 Å². The van der Waals surface area contributed by atoms with Crippen LogP contribution < -0.4 is 14.8 Å². The topological polar surface area (TPSA) is 91.6 Å². The Balaban J connectivity index is 2.41. The molecule has 0 radical (unpaired) electrons. The van der Waals surface area contributed by atoms with Gasteiger partial charge in [-0.2, -0.15) is 5.26 Å². The van der Waals surface area contributed by atoms with Crippen molar-refractivity contribution in [1.82, 2.24) is 0 Å². The molecule has 0 aliphatic carbocycles. The lowest BCUT2D eigenvalue weighted by Gasteiger charge is -2.14. The van der Waals surface area contributed by atoms with Gasteiger partial charge in [-0.05, 0) is 37.3 Å². The van der Waals surface area contributed by atoms with Gasteiger partial charge >= 0.3 is 0 Å². The first-order chi connectivity index (χ1) is 11.1. The molecule has 0 aliphatic heterocycles. The van der Waals surface area contributed by atoms with Crippen molar-refractivity contribution in [3.63, 3.8) is 0 Å². The maximum absolute atomic E-state index is 12.5. The number of ether oxygens (including phenoxy) is 2. The maximum atomic E-state index is 12.5. The number of carbonyl (C=O) groups excluding carboxylic acids is 1. The number of rotatable bonds is 5. The van der Waals surface area contributed by atoms with Gasteiger partial charge in [0.15, 0.2) is 11.5 Å². The monoisotopic (exact) mass is 312 g/mol. The van der Waals surface area contributed by atoms with Gasteiger partial charge in [-0.15, -0.1) is 0 Å². The van der Waals surface area contributed by atoms with Crippen molar-refractivity contribution in [2.45, 2.75) is 6.92 Å². The predicted octanol–water partition coefficient (Wildman–Crippen LogP) is 2.92. The van der Waals surface area contributed by atoms with Gasteiger partial charge in [-0.1, -0.05) is 0 Å². The van der Waals surface area contributed by atoms with Crippen LogP contribution in [0.1, 0.15) is 22.8 Å².